The van der Waals surface area contributed by atoms with E-state index in [4.69, 9.17) is 18.9 Å². The number of hydrogen-bond acceptors (Lipinski definition) is 4. The van der Waals surface area contributed by atoms with Crippen molar-refractivity contribution in [2.45, 2.75) is 170 Å². The van der Waals surface area contributed by atoms with Gasteiger partial charge in [0.05, 0.1) is 59.5 Å². The maximum Gasteiger partial charge on any atom is 0.421 e. The van der Waals surface area contributed by atoms with E-state index >= 15 is 0 Å². The van der Waals surface area contributed by atoms with E-state index in [-0.39, 0.29) is 35.5 Å². The first-order valence-corrected chi connectivity index (χ1v) is 29.2. The molecule has 8 nitrogen and oxygen atoms in total. The summed E-state index contributed by atoms with van der Waals surface area (Å²) in [6.07, 6.45) is 13.2. The summed E-state index contributed by atoms with van der Waals surface area (Å²) >= 11 is 0. The van der Waals surface area contributed by atoms with Crippen LogP contribution in [0.4, 0.5) is 22.7 Å². The highest BCUT2D eigenvalue weighted by atomic mass is 16.7. The number of rotatable bonds is 4. The summed E-state index contributed by atoms with van der Waals surface area (Å²) in [5.74, 6) is -2.03. The van der Waals surface area contributed by atoms with Gasteiger partial charge in [-0.2, -0.15) is 9.15 Å². The fraction of sp³-hybridized carbons (Fsp3) is 0.361. The molecule has 7 aromatic rings. The van der Waals surface area contributed by atoms with Crippen LogP contribution in [0.5, 0.6) is 0 Å². The van der Waals surface area contributed by atoms with E-state index in [9.17, 15) is 0 Å². The number of fused-ring (bicyclic) bond motifs is 8. The van der Waals surface area contributed by atoms with Crippen LogP contribution < -0.4 is 0 Å². The van der Waals surface area contributed by atoms with Gasteiger partial charge in [0.15, 0.2) is 24.9 Å². The Labute approximate surface area is 474 Å². The molecule has 1 saturated carbocycles. The quantitative estimate of drug-likeness (QED) is 0.165. The Morgan fingerprint density at radius 2 is 0.650 bits per heavy atom. The van der Waals surface area contributed by atoms with Crippen molar-refractivity contribution in [2.24, 2.45) is 0 Å². The monoisotopic (exact) mass is 1060 g/mol. The van der Waals surface area contributed by atoms with Crippen molar-refractivity contribution in [1.82, 2.24) is 0 Å². The highest BCUT2D eigenvalue weighted by Gasteiger charge is 2.74. The summed E-state index contributed by atoms with van der Waals surface area (Å²) in [7, 11) is 0. The molecule has 6 heterocycles. The molecule has 4 spiro atoms. The minimum absolute atomic E-state index is 0.0547. The van der Waals surface area contributed by atoms with Crippen molar-refractivity contribution in [3.8, 4) is 0 Å². The standard InChI is InChI=1S/C38H46N2O4.C34H32N2/c1-21-15-35-33(29(9)27(21)7)19-39(37(35)41-23(3)17-24(4)42-37)31-11-13-32(14-12-31)40-20-34-30(10)28(8)22(2)16-36(34)38(40)43-25(5)18-26(6)44-38;1-23-7-13-29(14-8-23)35-19-27-11-5-25(3)17-31(27)33(35)21-34(22-33)32-18-26(4)6-12-28(32)20-36(34)30-15-9-24(2)10-16-30/h11-16,19-20,23-26H,17-18H2,1-10H3;5-20H,21-22H2,1-4H3/q2*+2. The lowest BCUT2D eigenvalue weighted by Crippen LogP contribution is -2.59. The Kier molecular flexibility index (Phi) is 12.3. The molecule has 80 heavy (non-hydrogen) atoms. The Balaban J connectivity index is 0.000000154. The van der Waals surface area contributed by atoms with Crippen molar-refractivity contribution in [3.63, 3.8) is 0 Å². The molecule has 4 atom stereocenters. The zero-order valence-electron chi connectivity index (χ0n) is 49.4. The molecule has 14 rings (SSSR count). The van der Waals surface area contributed by atoms with E-state index in [1.165, 1.54) is 100 Å². The molecule has 0 aromatic heterocycles. The third-order valence-electron chi connectivity index (χ3n) is 19.1. The number of aryl methyl sites for hydroxylation is 6. The third kappa shape index (κ3) is 7.98. The fourth-order valence-electron chi connectivity index (χ4n) is 14.6. The van der Waals surface area contributed by atoms with Crippen molar-refractivity contribution < 1.29 is 37.2 Å². The van der Waals surface area contributed by atoms with Gasteiger partial charge >= 0.3 is 11.8 Å². The molecule has 7 aliphatic rings. The Bertz CT molecular complexity index is 3580. The molecule has 1 aliphatic carbocycles. The van der Waals surface area contributed by atoms with Gasteiger partial charge in [0.1, 0.15) is 0 Å². The van der Waals surface area contributed by atoms with Crippen LogP contribution >= 0.6 is 0 Å². The maximum absolute atomic E-state index is 6.79. The largest absolute Gasteiger partial charge is 0.421 e. The zero-order valence-corrected chi connectivity index (χ0v) is 49.4. The van der Waals surface area contributed by atoms with Crippen LogP contribution in [0.25, 0.3) is 0 Å². The summed E-state index contributed by atoms with van der Waals surface area (Å²) in [6.45, 7) is 30.5. The van der Waals surface area contributed by atoms with E-state index in [0.717, 1.165) is 48.2 Å². The molecule has 7 aromatic carbocycles. The molecule has 0 amide bonds. The molecule has 8 heteroatoms. The average Bonchev–Trinajstić information content (AvgIpc) is 4.14. The van der Waals surface area contributed by atoms with E-state index in [2.05, 4.69) is 261 Å². The van der Waals surface area contributed by atoms with E-state index < -0.39 is 11.8 Å². The lowest BCUT2D eigenvalue weighted by atomic mass is 9.56. The molecule has 406 valence electrons. The van der Waals surface area contributed by atoms with Gasteiger partial charge in [-0.05, 0) is 167 Å². The minimum atomic E-state index is -1.01. The Morgan fingerprint density at radius 3 is 1.00 bits per heavy atom. The highest BCUT2D eigenvalue weighted by Crippen LogP contribution is 2.64. The minimum Gasteiger partial charge on any atom is -0.287 e. The van der Waals surface area contributed by atoms with Crippen LogP contribution in [0.1, 0.15) is 154 Å². The van der Waals surface area contributed by atoms with Gasteiger partial charge in [0.2, 0.25) is 33.8 Å². The number of ether oxygens (including phenoxy) is 4. The Hall–Kier alpha value is -6.94. The molecule has 2 saturated heterocycles. The van der Waals surface area contributed by atoms with Gasteiger partial charge in [-0.25, -0.2) is 0 Å². The molecule has 0 radical (unpaired) electrons. The average molecular weight is 1060 g/mol. The number of benzene rings is 7. The SMILES string of the molecule is Cc1cc2c(c(C)c1C)C=[N+](c1ccc([N+]3=Cc4c(cc(C)c(C)c4C)C34OC(C)CC(C)O4)cc1)C21OC(C)CC(C)O1.Cc1ccc([N+]2=Cc3ccc(C)cc3C23CC2(C3)c3cc(C)ccc3C=[N+]2c2ccc(C)cc2)cc1. The molecule has 0 N–H and O–H groups in total. The molecule has 6 aliphatic heterocycles. The van der Waals surface area contributed by atoms with Crippen LogP contribution in [0.3, 0.4) is 0 Å². The summed E-state index contributed by atoms with van der Waals surface area (Å²) in [5, 5.41) is 0. The second-order valence-electron chi connectivity index (χ2n) is 24.9. The van der Waals surface area contributed by atoms with E-state index in [1.54, 1.807) is 0 Å². The second-order valence-corrected chi connectivity index (χ2v) is 24.9. The first-order chi connectivity index (χ1) is 38.2. The van der Waals surface area contributed by atoms with Crippen molar-refractivity contribution >= 4 is 47.6 Å². The van der Waals surface area contributed by atoms with Gasteiger partial charge in [-0.1, -0.05) is 58.7 Å². The molecule has 3 fully saturated rings. The third-order valence-corrected chi connectivity index (χ3v) is 19.1. The topological polar surface area (TPSA) is 49.0 Å². The van der Waals surface area contributed by atoms with Gasteiger partial charge in [0.25, 0.3) is 0 Å². The van der Waals surface area contributed by atoms with Gasteiger partial charge in [0, 0.05) is 83.6 Å². The van der Waals surface area contributed by atoms with Crippen molar-refractivity contribution in [3.05, 3.63) is 221 Å². The number of nitrogens with zero attached hydrogens (tertiary/aromatic N) is 4. The smallest absolute Gasteiger partial charge is 0.287 e. The van der Waals surface area contributed by atoms with Crippen LogP contribution in [0, 0.1) is 69.2 Å². The molecule has 0 bridgehead atoms. The lowest BCUT2D eigenvalue weighted by molar-refractivity contribution is -0.693. The summed E-state index contributed by atoms with van der Waals surface area (Å²) < 4.78 is 36.7. The van der Waals surface area contributed by atoms with Gasteiger partial charge in [-0.15, -0.1) is 9.15 Å². The van der Waals surface area contributed by atoms with Crippen LogP contribution in [0.2, 0.25) is 0 Å². The summed E-state index contributed by atoms with van der Waals surface area (Å²) in [6, 6.07) is 45.2. The summed E-state index contributed by atoms with van der Waals surface area (Å²) in [5.41, 5.74) is 27.5. The highest BCUT2D eigenvalue weighted by molar-refractivity contribution is 5.87. The summed E-state index contributed by atoms with van der Waals surface area (Å²) in [4.78, 5) is 0. The fourth-order valence-corrected chi connectivity index (χ4v) is 14.6. The lowest BCUT2D eigenvalue weighted by Gasteiger charge is -2.47. The first-order valence-electron chi connectivity index (χ1n) is 29.2. The van der Waals surface area contributed by atoms with Gasteiger partial charge < -0.3 is 0 Å². The first kappa shape index (κ1) is 52.4. The van der Waals surface area contributed by atoms with Crippen LogP contribution in [0.15, 0.2) is 121 Å². The molecule has 4 unspecified atom stereocenters. The zero-order chi connectivity index (χ0) is 55.9. The van der Waals surface area contributed by atoms with Gasteiger partial charge in [-0.3, -0.25) is 18.9 Å². The molecular formula is C72H78N4O4+4. The molecular weight excluding hydrogens is 985 g/mol. The van der Waals surface area contributed by atoms with Crippen molar-refractivity contribution in [1.29, 1.82) is 0 Å². The second kappa shape index (κ2) is 18.8. The van der Waals surface area contributed by atoms with Crippen LogP contribution in [-0.2, 0) is 41.8 Å². The number of hydrogen-bond donors (Lipinski definition) is 0. The van der Waals surface area contributed by atoms with E-state index in [1.807, 2.05) is 0 Å². The van der Waals surface area contributed by atoms with E-state index in [0.29, 0.717) is 0 Å². The predicted molar refractivity (Wildman–Crippen MR) is 320 cm³/mol. The van der Waals surface area contributed by atoms with Crippen LogP contribution in [-0.4, -0.2) is 67.6 Å². The maximum atomic E-state index is 6.79. The van der Waals surface area contributed by atoms with Crippen molar-refractivity contribution in [2.75, 3.05) is 0 Å². The normalized spacial score (nSPS) is 27.5. The predicted octanol–water partition coefficient (Wildman–Crippen LogP) is 15.1. The Morgan fingerprint density at radius 1 is 0.338 bits per heavy atom.